The summed E-state index contributed by atoms with van der Waals surface area (Å²) in [4.78, 5) is 0. The first-order valence-electron chi connectivity index (χ1n) is 4.48. The van der Waals surface area contributed by atoms with Crippen LogP contribution in [0.2, 0.25) is 0 Å². The van der Waals surface area contributed by atoms with Gasteiger partial charge < -0.3 is 5.11 Å². The number of aromatic nitrogens is 3. The Morgan fingerprint density at radius 3 is 2.93 bits per heavy atom. The Morgan fingerprint density at radius 2 is 2.27 bits per heavy atom. The highest BCUT2D eigenvalue weighted by molar-refractivity contribution is 5.29. The molecular weight excluding hydrogens is 197 g/mol. The van der Waals surface area contributed by atoms with Gasteiger partial charge in [0.25, 0.3) is 0 Å². The highest BCUT2D eigenvalue weighted by Gasteiger charge is 2.17. The monoisotopic (exact) mass is 207 g/mol. The van der Waals surface area contributed by atoms with Gasteiger partial charge in [-0.15, -0.1) is 0 Å². The molecule has 1 aromatic heterocycles. The number of aliphatic hydroxyl groups excluding tert-OH is 1. The van der Waals surface area contributed by atoms with Gasteiger partial charge in [0.05, 0.1) is 6.20 Å². The summed E-state index contributed by atoms with van der Waals surface area (Å²) in [6.07, 6.45) is 0.288. The minimum atomic E-state index is -1.08. The van der Waals surface area contributed by atoms with Gasteiger partial charge in [0.1, 0.15) is 17.6 Å². The molecule has 15 heavy (non-hydrogen) atoms. The van der Waals surface area contributed by atoms with Crippen LogP contribution < -0.4 is 0 Å². The van der Waals surface area contributed by atoms with Crippen LogP contribution in [-0.4, -0.2) is 20.5 Å². The minimum absolute atomic E-state index is 0.212. The summed E-state index contributed by atoms with van der Waals surface area (Å²) in [6.45, 7) is 1.83. The Balaban J connectivity index is 2.41. The van der Waals surface area contributed by atoms with Crippen molar-refractivity contribution >= 4 is 0 Å². The van der Waals surface area contributed by atoms with Gasteiger partial charge in [-0.1, -0.05) is 17.7 Å². The van der Waals surface area contributed by atoms with Crippen molar-refractivity contribution in [2.45, 2.75) is 13.0 Å². The molecule has 0 saturated heterocycles. The summed E-state index contributed by atoms with van der Waals surface area (Å²) in [5.41, 5.74) is 1.40. The summed E-state index contributed by atoms with van der Waals surface area (Å²) < 4.78 is 13.4. The Labute approximate surface area is 85.8 Å². The number of aliphatic hydroxyl groups is 1. The molecule has 0 radical (unpaired) electrons. The molecule has 0 spiro atoms. The third-order valence-electron chi connectivity index (χ3n) is 2.16. The second kappa shape index (κ2) is 3.78. The van der Waals surface area contributed by atoms with Crippen LogP contribution in [0.4, 0.5) is 4.39 Å². The largest absolute Gasteiger partial charge is 0.382 e. The number of benzene rings is 1. The van der Waals surface area contributed by atoms with Crippen LogP contribution in [0.5, 0.6) is 0 Å². The van der Waals surface area contributed by atoms with E-state index in [0.717, 1.165) is 5.56 Å². The van der Waals surface area contributed by atoms with Crippen LogP contribution in [0.25, 0.3) is 0 Å². The summed E-state index contributed by atoms with van der Waals surface area (Å²) >= 11 is 0. The summed E-state index contributed by atoms with van der Waals surface area (Å²) in [7, 11) is 0. The van der Waals surface area contributed by atoms with Crippen LogP contribution in [0.3, 0.4) is 0 Å². The fourth-order valence-electron chi connectivity index (χ4n) is 1.37. The number of hydrogen-bond donors (Lipinski definition) is 2. The quantitative estimate of drug-likeness (QED) is 0.781. The standard InChI is InChI=1S/C10H10FN3O/c1-6-2-3-8(11)7(4-6)10(15)9-5-12-14-13-9/h2-5,10,15H,1H3,(H,12,13,14). The lowest BCUT2D eigenvalue weighted by molar-refractivity contribution is 0.210. The van der Waals surface area contributed by atoms with Crippen molar-refractivity contribution in [2.24, 2.45) is 0 Å². The van der Waals surface area contributed by atoms with E-state index >= 15 is 0 Å². The maximum absolute atomic E-state index is 13.4. The van der Waals surface area contributed by atoms with Gasteiger partial charge in [0.2, 0.25) is 0 Å². The third-order valence-corrected chi connectivity index (χ3v) is 2.16. The van der Waals surface area contributed by atoms with Crippen molar-refractivity contribution < 1.29 is 9.50 Å². The first kappa shape index (κ1) is 9.79. The second-order valence-electron chi connectivity index (χ2n) is 3.32. The Hall–Kier alpha value is -1.75. The SMILES string of the molecule is Cc1ccc(F)c(C(O)c2cn[nH]n2)c1. The zero-order valence-corrected chi connectivity index (χ0v) is 8.11. The van der Waals surface area contributed by atoms with Crippen LogP contribution in [0.15, 0.2) is 24.4 Å². The van der Waals surface area contributed by atoms with Gasteiger partial charge >= 0.3 is 0 Å². The van der Waals surface area contributed by atoms with Crippen molar-refractivity contribution in [3.8, 4) is 0 Å². The molecule has 2 N–H and O–H groups in total. The van der Waals surface area contributed by atoms with Crippen molar-refractivity contribution in [2.75, 3.05) is 0 Å². The molecule has 78 valence electrons. The Morgan fingerprint density at radius 1 is 1.47 bits per heavy atom. The number of aryl methyl sites for hydroxylation is 1. The van der Waals surface area contributed by atoms with Crippen molar-refractivity contribution in [3.05, 3.63) is 47.0 Å². The van der Waals surface area contributed by atoms with E-state index in [-0.39, 0.29) is 5.56 Å². The smallest absolute Gasteiger partial charge is 0.129 e. The highest BCUT2D eigenvalue weighted by atomic mass is 19.1. The maximum atomic E-state index is 13.4. The van der Waals surface area contributed by atoms with Crippen LogP contribution in [0.1, 0.15) is 22.9 Å². The van der Waals surface area contributed by atoms with Gasteiger partial charge in [-0.05, 0) is 13.0 Å². The van der Waals surface area contributed by atoms with Gasteiger partial charge in [0.15, 0.2) is 0 Å². The summed E-state index contributed by atoms with van der Waals surface area (Å²) in [5.74, 6) is -0.448. The van der Waals surface area contributed by atoms with E-state index in [4.69, 9.17) is 0 Å². The Kier molecular flexibility index (Phi) is 2.47. The molecule has 1 aromatic carbocycles. The molecule has 0 fully saturated rings. The van der Waals surface area contributed by atoms with Gasteiger partial charge in [-0.25, -0.2) is 4.39 Å². The van der Waals surface area contributed by atoms with E-state index in [9.17, 15) is 9.50 Å². The van der Waals surface area contributed by atoms with Crippen LogP contribution >= 0.6 is 0 Å². The zero-order valence-electron chi connectivity index (χ0n) is 8.11. The number of nitrogens with zero attached hydrogens (tertiary/aromatic N) is 2. The van der Waals surface area contributed by atoms with Crippen molar-refractivity contribution in [1.82, 2.24) is 15.4 Å². The van der Waals surface area contributed by atoms with Gasteiger partial charge in [0, 0.05) is 5.56 Å². The van der Waals surface area contributed by atoms with Crippen LogP contribution in [-0.2, 0) is 0 Å². The third kappa shape index (κ3) is 1.87. The van der Waals surface area contributed by atoms with Gasteiger partial charge in [-0.3, -0.25) is 0 Å². The molecule has 4 nitrogen and oxygen atoms in total. The van der Waals surface area contributed by atoms with E-state index < -0.39 is 11.9 Å². The van der Waals surface area contributed by atoms with E-state index in [1.165, 1.54) is 12.3 Å². The molecule has 1 atom stereocenters. The normalized spacial score (nSPS) is 12.7. The van der Waals surface area contributed by atoms with E-state index in [0.29, 0.717) is 5.69 Å². The molecule has 0 saturated carbocycles. The Bertz CT molecular complexity index is 456. The number of halogens is 1. The fourth-order valence-corrected chi connectivity index (χ4v) is 1.37. The predicted molar refractivity (Wildman–Crippen MR) is 51.6 cm³/mol. The molecule has 0 aliphatic heterocycles. The molecule has 0 bridgehead atoms. The summed E-state index contributed by atoms with van der Waals surface area (Å²) in [5, 5.41) is 19.5. The molecule has 1 heterocycles. The maximum Gasteiger partial charge on any atom is 0.129 e. The molecule has 5 heteroatoms. The molecule has 0 aliphatic rings. The van der Waals surface area contributed by atoms with E-state index in [1.807, 2.05) is 6.92 Å². The van der Waals surface area contributed by atoms with Crippen LogP contribution in [0, 0.1) is 12.7 Å². The minimum Gasteiger partial charge on any atom is -0.382 e. The average Bonchev–Trinajstić information content (AvgIpc) is 2.74. The predicted octanol–water partition coefficient (Wildman–Crippen LogP) is 1.33. The van der Waals surface area contributed by atoms with E-state index in [1.54, 1.807) is 12.1 Å². The fraction of sp³-hybridized carbons (Fsp3) is 0.200. The molecular formula is C10H10FN3O. The number of nitrogens with one attached hydrogen (secondary N) is 1. The highest BCUT2D eigenvalue weighted by Crippen LogP contribution is 2.22. The number of rotatable bonds is 2. The molecule has 2 aromatic rings. The second-order valence-corrected chi connectivity index (χ2v) is 3.32. The number of aromatic amines is 1. The molecule has 2 rings (SSSR count). The summed E-state index contributed by atoms with van der Waals surface area (Å²) in [6, 6.07) is 4.57. The zero-order chi connectivity index (χ0) is 10.8. The van der Waals surface area contributed by atoms with Crippen molar-refractivity contribution in [1.29, 1.82) is 0 Å². The average molecular weight is 207 g/mol. The topological polar surface area (TPSA) is 61.8 Å². The first-order chi connectivity index (χ1) is 7.18. The molecule has 0 amide bonds. The number of H-pyrrole nitrogens is 1. The first-order valence-corrected chi connectivity index (χ1v) is 4.48. The molecule has 1 unspecified atom stereocenters. The lowest BCUT2D eigenvalue weighted by Gasteiger charge is -2.09. The lowest BCUT2D eigenvalue weighted by Crippen LogP contribution is -2.03. The number of hydrogen-bond acceptors (Lipinski definition) is 3. The van der Waals surface area contributed by atoms with E-state index in [2.05, 4.69) is 15.4 Å². The molecule has 0 aliphatic carbocycles. The van der Waals surface area contributed by atoms with Crippen molar-refractivity contribution in [3.63, 3.8) is 0 Å². The van der Waals surface area contributed by atoms with Gasteiger partial charge in [-0.2, -0.15) is 15.4 Å². The lowest BCUT2D eigenvalue weighted by atomic mass is 10.0.